The van der Waals surface area contributed by atoms with Crippen LogP contribution < -0.4 is 5.73 Å². The van der Waals surface area contributed by atoms with Crippen LogP contribution in [0.15, 0.2) is 0 Å². The van der Waals surface area contributed by atoms with Crippen molar-refractivity contribution >= 4 is 11.8 Å². The van der Waals surface area contributed by atoms with Gasteiger partial charge < -0.3 is 5.73 Å². The summed E-state index contributed by atoms with van der Waals surface area (Å²) < 4.78 is 0. The van der Waals surface area contributed by atoms with Crippen molar-refractivity contribution in [1.29, 1.82) is 0 Å². The molecule has 0 aromatic carbocycles. The van der Waals surface area contributed by atoms with E-state index in [1.807, 2.05) is 11.8 Å². The SMILES string of the molecule is CCN(C(CN)CCSC)C1CCCCC1. The summed E-state index contributed by atoms with van der Waals surface area (Å²) in [4.78, 5) is 2.68. The molecule has 1 aliphatic carbocycles. The van der Waals surface area contributed by atoms with Crippen LogP contribution in [0.2, 0.25) is 0 Å². The van der Waals surface area contributed by atoms with Crippen LogP contribution in [0, 0.1) is 0 Å². The van der Waals surface area contributed by atoms with Gasteiger partial charge in [-0.25, -0.2) is 0 Å². The van der Waals surface area contributed by atoms with E-state index in [-0.39, 0.29) is 0 Å². The molecule has 0 saturated heterocycles. The minimum atomic E-state index is 0.612. The lowest BCUT2D eigenvalue weighted by atomic mass is 9.93. The van der Waals surface area contributed by atoms with E-state index < -0.39 is 0 Å². The highest BCUT2D eigenvalue weighted by atomic mass is 32.2. The largest absolute Gasteiger partial charge is 0.329 e. The lowest BCUT2D eigenvalue weighted by molar-refractivity contribution is 0.112. The highest BCUT2D eigenvalue weighted by Gasteiger charge is 2.25. The van der Waals surface area contributed by atoms with E-state index in [0.717, 1.165) is 12.6 Å². The third-order valence-electron chi connectivity index (χ3n) is 3.81. The van der Waals surface area contributed by atoms with Crippen molar-refractivity contribution < 1.29 is 0 Å². The van der Waals surface area contributed by atoms with Gasteiger partial charge in [-0.1, -0.05) is 26.2 Å². The van der Waals surface area contributed by atoms with Crippen LogP contribution in [0.3, 0.4) is 0 Å². The van der Waals surface area contributed by atoms with Crippen LogP contribution in [0.4, 0.5) is 0 Å². The van der Waals surface area contributed by atoms with Gasteiger partial charge in [-0.2, -0.15) is 11.8 Å². The van der Waals surface area contributed by atoms with Gasteiger partial charge >= 0.3 is 0 Å². The molecule has 1 aliphatic rings. The fraction of sp³-hybridized carbons (Fsp3) is 1.00. The van der Waals surface area contributed by atoms with Crippen LogP contribution in [-0.4, -0.2) is 42.1 Å². The number of nitrogens with zero attached hydrogens (tertiary/aromatic N) is 1. The molecule has 1 saturated carbocycles. The summed E-state index contributed by atoms with van der Waals surface area (Å²) in [5.74, 6) is 1.24. The zero-order chi connectivity index (χ0) is 11.8. The predicted octanol–water partition coefficient (Wildman–Crippen LogP) is 2.72. The Labute approximate surface area is 105 Å². The van der Waals surface area contributed by atoms with Crippen LogP contribution in [0.25, 0.3) is 0 Å². The Morgan fingerprint density at radius 1 is 1.31 bits per heavy atom. The van der Waals surface area contributed by atoms with Crippen LogP contribution in [-0.2, 0) is 0 Å². The molecule has 0 spiro atoms. The van der Waals surface area contributed by atoms with Gasteiger partial charge in [0.2, 0.25) is 0 Å². The van der Waals surface area contributed by atoms with Gasteiger partial charge in [0.05, 0.1) is 0 Å². The second kappa shape index (κ2) is 8.37. The van der Waals surface area contributed by atoms with E-state index in [2.05, 4.69) is 18.1 Å². The molecular weight excluding hydrogens is 216 g/mol. The zero-order valence-electron chi connectivity index (χ0n) is 11.0. The maximum Gasteiger partial charge on any atom is 0.0229 e. The molecule has 0 aromatic heterocycles. The predicted molar refractivity (Wildman–Crippen MR) is 75.1 cm³/mol. The summed E-state index contributed by atoms with van der Waals surface area (Å²) in [7, 11) is 0. The monoisotopic (exact) mass is 244 g/mol. The van der Waals surface area contributed by atoms with Crippen LogP contribution in [0.5, 0.6) is 0 Å². The second-order valence-corrected chi connectivity index (χ2v) is 5.78. The molecule has 1 rings (SSSR count). The number of hydrogen-bond donors (Lipinski definition) is 1. The van der Waals surface area contributed by atoms with Crippen molar-refractivity contribution in [2.75, 3.05) is 25.1 Å². The second-order valence-electron chi connectivity index (χ2n) is 4.79. The molecule has 0 heterocycles. The fourth-order valence-corrected chi connectivity index (χ4v) is 3.41. The van der Waals surface area contributed by atoms with E-state index in [1.54, 1.807) is 0 Å². The first-order valence-electron chi connectivity index (χ1n) is 6.78. The maximum absolute atomic E-state index is 5.95. The van der Waals surface area contributed by atoms with Gasteiger partial charge in [0.15, 0.2) is 0 Å². The van der Waals surface area contributed by atoms with Gasteiger partial charge in [-0.15, -0.1) is 0 Å². The lowest BCUT2D eigenvalue weighted by Crippen LogP contribution is -2.47. The normalized spacial score (nSPS) is 20.2. The molecule has 1 fully saturated rings. The highest BCUT2D eigenvalue weighted by molar-refractivity contribution is 7.98. The quantitative estimate of drug-likeness (QED) is 0.746. The van der Waals surface area contributed by atoms with E-state index >= 15 is 0 Å². The molecule has 0 bridgehead atoms. The molecular formula is C13H28N2S. The Hall–Kier alpha value is 0.270. The van der Waals surface area contributed by atoms with Crippen molar-refractivity contribution in [3.8, 4) is 0 Å². The van der Waals surface area contributed by atoms with E-state index in [4.69, 9.17) is 5.73 Å². The van der Waals surface area contributed by atoms with Crippen molar-refractivity contribution in [2.24, 2.45) is 5.73 Å². The summed E-state index contributed by atoms with van der Waals surface area (Å²) in [5, 5.41) is 0. The summed E-state index contributed by atoms with van der Waals surface area (Å²) >= 11 is 1.94. The van der Waals surface area contributed by atoms with E-state index in [0.29, 0.717) is 6.04 Å². The molecule has 1 atom stereocenters. The summed E-state index contributed by atoms with van der Waals surface area (Å²) in [5.41, 5.74) is 5.95. The standard InChI is InChI=1S/C13H28N2S/c1-3-15(12-7-5-4-6-8-12)13(11-14)9-10-16-2/h12-13H,3-11,14H2,1-2H3. The van der Waals surface area contributed by atoms with Crippen molar-refractivity contribution in [2.45, 2.75) is 57.5 Å². The highest BCUT2D eigenvalue weighted by Crippen LogP contribution is 2.24. The molecule has 16 heavy (non-hydrogen) atoms. The molecule has 0 aromatic rings. The Bertz CT molecular complexity index is 169. The molecule has 0 radical (unpaired) electrons. The number of hydrogen-bond acceptors (Lipinski definition) is 3. The fourth-order valence-electron chi connectivity index (χ4n) is 2.90. The third-order valence-corrected chi connectivity index (χ3v) is 4.45. The minimum Gasteiger partial charge on any atom is -0.329 e. The number of likely N-dealkylation sites (N-methyl/N-ethyl adjacent to an activating group) is 1. The molecule has 3 heteroatoms. The van der Waals surface area contributed by atoms with Gasteiger partial charge in [-0.05, 0) is 37.8 Å². The third kappa shape index (κ3) is 4.27. The molecule has 0 amide bonds. The first-order chi connectivity index (χ1) is 7.83. The first-order valence-corrected chi connectivity index (χ1v) is 8.17. The average molecular weight is 244 g/mol. The number of nitrogens with two attached hydrogens (primary N) is 1. The number of thioether (sulfide) groups is 1. The van der Waals surface area contributed by atoms with Crippen molar-refractivity contribution in [3.63, 3.8) is 0 Å². The van der Waals surface area contributed by atoms with Crippen LogP contribution >= 0.6 is 11.8 Å². The smallest absolute Gasteiger partial charge is 0.0229 e. The maximum atomic E-state index is 5.95. The summed E-state index contributed by atoms with van der Waals surface area (Å²) in [6, 6.07) is 1.43. The Morgan fingerprint density at radius 3 is 2.50 bits per heavy atom. The van der Waals surface area contributed by atoms with Crippen molar-refractivity contribution in [3.05, 3.63) is 0 Å². The molecule has 2 nitrogen and oxygen atoms in total. The van der Waals surface area contributed by atoms with Gasteiger partial charge in [-0.3, -0.25) is 4.90 Å². The molecule has 96 valence electrons. The zero-order valence-corrected chi connectivity index (χ0v) is 11.8. The van der Waals surface area contributed by atoms with Gasteiger partial charge in [0, 0.05) is 18.6 Å². The van der Waals surface area contributed by atoms with Crippen LogP contribution in [0.1, 0.15) is 45.4 Å². The first kappa shape index (κ1) is 14.3. The van der Waals surface area contributed by atoms with E-state index in [9.17, 15) is 0 Å². The van der Waals surface area contributed by atoms with E-state index in [1.165, 1.54) is 50.8 Å². The average Bonchev–Trinajstić information content (AvgIpc) is 2.35. The molecule has 2 N–H and O–H groups in total. The number of rotatable bonds is 7. The summed E-state index contributed by atoms with van der Waals surface area (Å²) in [6.45, 7) is 4.28. The Morgan fingerprint density at radius 2 is 2.00 bits per heavy atom. The summed E-state index contributed by atoms with van der Waals surface area (Å²) in [6.07, 6.45) is 10.5. The topological polar surface area (TPSA) is 29.3 Å². The Balaban J connectivity index is 2.47. The van der Waals surface area contributed by atoms with Gasteiger partial charge in [0.1, 0.15) is 0 Å². The molecule has 1 unspecified atom stereocenters. The lowest BCUT2D eigenvalue weighted by Gasteiger charge is -2.39. The van der Waals surface area contributed by atoms with Gasteiger partial charge in [0.25, 0.3) is 0 Å². The molecule has 0 aliphatic heterocycles. The minimum absolute atomic E-state index is 0.612. The van der Waals surface area contributed by atoms with Crippen molar-refractivity contribution in [1.82, 2.24) is 4.90 Å². The Kier molecular flexibility index (Phi) is 7.50.